The largest absolute Gasteiger partial charge is 0.477 e. The predicted molar refractivity (Wildman–Crippen MR) is 65.6 cm³/mol. The first-order valence-electron chi connectivity index (χ1n) is 5.27. The number of carboxylic acids is 1. The summed E-state index contributed by atoms with van der Waals surface area (Å²) in [5, 5.41) is 20.5. The van der Waals surface area contributed by atoms with E-state index in [0.29, 0.717) is 5.69 Å². The molecule has 0 bridgehead atoms. The molecule has 0 saturated heterocycles. The molecule has 2 N–H and O–H groups in total. The first-order valence-corrected chi connectivity index (χ1v) is 5.27. The number of hydrogen-bond donors (Lipinski definition) is 2. The van der Waals surface area contributed by atoms with Gasteiger partial charge in [0.15, 0.2) is 5.69 Å². The number of nitrogens with one attached hydrogen (secondary N) is 1. The van der Waals surface area contributed by atoms with E-state index in [-0.39, 0.29) is 17.1 Å². The summed E-state index contributed by atoms with van der Waals surface area (Å²) in [4.78, 5) is 14.6. The van der Waals surface area contributed by atoms with E-state index in [9.17, 15) is 9.18 Å². The summed E-state index contributed by atoms with van der Waals surface area (Å²) in [6.07, 6.45) is 0. The van der Waals surface area contributed by atoms with E-state index < -0.39 is 11.8 Å². The summed E-state index contributed by atoms with van der Waals surface area (Å²) in [5.41, 5.74) is 0.354. The number of rotatable bonds is 3. The highest BCUT2D eigenvalue weighted by molar-refractivity contribution is 5.86. The highest BCUT2D eigenvalue weighted by atomic mass is 19.1. The molecule has 0 aliphatic heterocycles. The van der Waals surface area contributed by atoms with Gasteiger partial charge in [-0.15, -0.1) is 0 Å². The Hall–Kier alpha value is -2.94. The molecule has 6 heteroatoms. The number of nitrogens with zero attached hydrogens (tertiary/aromatic N) is 2. The summed E-state index contributed by atoms with van der Waals surface area (Å²) in [5.74, 6) is -1.40. The van der Waals surface area contributed by atoms with Gasteiger partial charge in [-0.2, -0.15) is 5.26 Å². The lowest BCUT2D eigenvalue weighted by molar-refractivity contribution is 0.0690. The smallest absolute Gasteiger partial charge is 0.354 e. The first-order chi connectivity index (χ1) is 9.10. The van der Waals surface area contributed by atoms with Gasteiger partial charge in [0, 0.05) is 0 Å². The predicted octanol–water partition coefficient (Wildman–Crippen LogP) is 2.53. The topological polar surface area (TPSA) is 86.0 Å². The Kier molecular flexibility index (Phi) is 3.39. The molecule has 0 fully saturated rings. The average Bonchev–Trinajstić information content (AvgIpc) is 2.41. The Morgan fingerprint density at radius 2 is 2.16 bits per heavy atom. The van der Waals surface area contributed by atoms with Crippen molar-refractivity contribution in [3.63, 3.8) is 0 Å². The zero-order chi connectivity index (χ0) is 13.8. The van der Waals surface area contributed by atoms with Gasteiger partial charge in [-0.25, -0.2) is 14.2 Å². The summed E-state index contributed by atoms with van der Waals surface area (Å²) < 4.78 is 13.0. The van der Waals surface area contributed by atoms with Gasteiger partial charge >= 0.3 is 5.97 Å². The van der Waals surface area contributed by atoms with Crippen LogP contribution in [0.15, 0.2) is 36.4 Å². The second-order valence-electron chi connectivity index (χ2n) is 3.64. The van der Waals surface area contributed by atoms with Crippen molar-refractivity contribution in [2.45, 2.75) is 0 Å². The Bertz CT molecular complexity index is 680. The Balaban J connectivity index is 2.34. The van der Waals surface area contributed by atoms with Crippen LogP contribution in [-0.4, -0.2) is 16.1 Å². The lowest BCUT2D eigenvalue weighted by atomic mass is 10.2. The van der Waals surface area contributed by atoms with E-state index in [1.165, 1.54) is 24.3 Å². The average molecular weight is 257 g/mol. The van der Waals surface area contributed by atoms with Gasteiger partial charge in [0.2, 0.25) is 0 Å². The molecular weight excluding hydrogens is 249 g/mol. The number of carboxylic acid groups (broad SMARTS) is 1. The summed E-state index contributed by atoms with van der Waals surface area (Å²) in [7, 11) is 0. The number of hydrogen-bond acceptors (Lipinski definition) is 4. The summed E-state index contributed by atoms with van der Waals surface area (Å²) in [6.45, 7) is 0. The molecule has 1 aromatic carbocycles. The molecule has 0 atom stereocenters. The van der Waals surface area contributed by atoms with Crippen LogP contribution < -0.4 is 5.32 Å². The van der Waals surface area contributed by atoms with Crippen LogP contribution in [0.1, 0.15) is 16.1 Å². The van der Waals surface area contributed by atoms with Crippen molar-refractivity contribution < 1.29 is 14.3 Å². The Labute approximate surface area is 108 Å². The van der Waals surface area contributed by atoms with E-state index in [1.54, 1.807) is 6.07 Å². The fraction of sp³-hybridized carbons (Fsp3) is 0. The second-order valence-corrected chi connectivity index (χ2v) is 3.64. The molecule has 0 aliphatic carbocycles. The number of halogens is 1. The van der Waals surface area contributed by atoms with Crippen LogP contribution in [0.25, 0.3) is 0 Å². The van der Waals surface area contributed by atoms with Crippen LogP contribution in [0.3, 0.4) is 0 Å². The van der Waals surface area contributed by atoms with Crippen LogP contribution in [0.5, 0.6) is 0 Å². The minimum Gasteiger partial charge on any atom is -0.477 e. The van der Waals surface area contributed by atoms with Gasteiger partial charge in [-0.3, -0.25) is 0 Å². The molecule has 5 nitrogen and oxygen atoms in total. The van der Waals surface area contributed by atoms with E-state index >= 15 is 0 Å². The maximum atomic E-state index is 13.0. The fourth-order valence-corrected chi connectivity index (χ4v) is 1.48. The van der Waals surface area contributed by atoms with Crippen molar-refractivity contribution >= 4 is 17.5 Å². The van der Waals surface area contributed by atoms with Gasteiger partial charge in [0.05, 0.1) is 11.3 Å². The van der Waals surface area contributed by atoms with Crippen LogP contribution in [-0.2, 0) is 0 Å². The molecule has 2 aromatic rings. The van der Waals surface area contributed by atoms with Gasteiger partial charge in [0.1, 0.15) is 17.7 Å². The molecule has 0 aliphatic rings. The summed E-state index contributed by atoms with van der Waals surface area (Å²) in [6, 6.07) is 9.95. The SMILES string of the molecule is N#Cc1cc(F)ccc1Nc1cccc(C(=O)O)n1. The third-order valence-corrected chi connectivity index (χ3v) is 2.33. The van der Waals surface area contributed by atoms with Crippen LogP contribution in [0, 0.1) is 17.1 Å². The molecule has 0 amide bonds. The number of aromatic carboxylic acids is 1. The molecule has 0 saturated carbocycles. The van der Waals surface area contributed by atoms with Crippen molar-refractivity contribution in [2.24, 2.45) is 0 Å². The molecule has 19 heavy (non-hydrogen) atoms. The maximum Gasteiger partial charge on any atom is 0.354 e. The molecule has 1 aromatic heterocycles. The van der Waals surface area contributed by atoms with Gasteiger partial charge in [-0.1, -0.05) is 6.07 Å². The van der Waals surface area contributed by atoms with Crippen molar-refractivity contribution in [1.82, 2.24) is 4.98 Å². The van der Waals surface area contributed by atoms with Crippen molar-refractivity contribution in [3.8, 4) is 6.07 Å². The third-order valence-electron chi connectivity index (χ3n) is 2.33. The fourth-order valence-electron chi connectivity index (χ4n) is 1.48. The zero-order valence-corrected chi connectivity index (χ0v) is 9.59. The van der Waals surface area contributed by atoms with E-state index in [2.05, 4.69) is 10.3 Å². The minimum atomic E-state index is -1.15. The quantitative estimate of drug-likeness (QED) is 0.882. The highest BCUT2D eigenvalue weighted by Gasteiger charge is 2.08. The molecule has 0 radical (unpaired) electrons. The van der Waals surface area contributed by atoms with Gasteiger partial charge in [-0.05, 0) is 30.3 Å². The van der Waals surface area contributed by atoms with E-state index in [0.717, 1.165) is 6.07 Å². The lowest BCUT2D eigenvalue weighted by Crippen LogP contribution is -2.03. The van der Waals surface area contributed by atoms with Crippen LogP contribution in [0.4, 0.5) is 15.9 Å². The van der Waals surface area contributed by atoms with Crippen molar-refractivity contribution in [2.75, 3.05) is 5.32 Å². The third kappa shape index (κ3) is 2.84. The number of nitriles is 1. The second kappa shape index (κ2) is 5.14. The minimum absolute atomic E-state index is 0.113. The molecule has 94 valence electrons. The van der Waals surface area contributed by atoms with E-state index in [4.69, 9.17) is 10.4 Å². The summed E-state index contributed by atoms with van der Waals surface area (Å²) >= 11 is 0. The molecule has 2 rings (SSSR count). The molecule has 0 spiro atoms. The van der Waals surface area contributed by atoms with Crippen LogP contribution >= 0.6 is 0 Å². The number of benzene rings is 1. The molecule has 0 unspecified atom stereocenters. The molecule has 1 heterocycles. The number of anilines is 2. The lowest BCUT2D eigenvalue weighted by Gasteiger charge is -2.07. The Morgan fingerprint density at radius 3 is 2.84 bits per heavy atom. The standard InChI is InChI=1S/C13H8FN3O2/c14-9-4-5-10(8(6-9)7-15)16-12-3-1-2-11(17-12)13(18)19/h1-6H,(H,16,17)(H,18,19). The number of carbonyl (C=O) groups is 1. The van der Waals surface area contributed by atoms with Crippen LogP contribution in [0.2, 0.25) is 0 Å². The zero-order valence-electron chi connectivity index (χ0n) is 9.59. The van der Waals surface area contributed by atoms with Gasteiger partial charge in [0.25, 0.3) is 0 Å². The number of aromatic nitrogens is 1. The monoisotopic (exact) mass is 257 g/mol. The Morgan fingerprint density at radius 1 is 1.37 bits per heavy atom. The van der Waals surface area contributed by atoms with Gasteiger partial charge < -0.3 is 10.4 Å². The van der Waals surface area contributed by atoms with Crippen molar-refractivity contribution in [1.29, 1.82) is 5.26 Å². The highest BCUT2D eigenvalue weighted by Crippen LogP contribution is 2.20. The molecular formula is C13H8FN3O2. The van der Waals surface area contributed by atoms with E-state index in [1.807, 2.05) is 6.07 Å². The number of pyridine rings is 1. The van der Waals surface area contributed by atoms with Crippen molar-refractivity contribution in [3.05, 3.63) is 53.5 Å². The maximum absolute atomic E-state index is 13.0. The first kappa shape index (κ1) is 12.5. The normalized spacial score (nSPS) is 9.68.